The van der Waals surface area contributed by atoms with Gasteiger partial charge in [0, 0.05) is 50.9 Å². The van der Waals surface area contributed by atoms with Crippen LogP contribution >= 0.6 is 0 Å². The Kier molecular flexibility index (Phi) is 4.69. The van der Waals surface area contributed by atoms with E-state index in [1.165, 1.54) is 0 Å². The first-order valence-corrected chi connectivity index (χ1v) is 8.71. The molecular formula is C19H19N5O3. The molecule has 8 heteroatoms. The van der Waals surface area contributed by atoms with Crippen molar-refractivity contribution in [3.63, 3.8) is 0 Å². The third-order valence-electron chi connectivity index (χ3n) is 4.38. The maximum Gasteiger partial charge on any atom is 0.246 e. The molecular weight excluding hydrogens is 346 g/mol. The molecule has 27 heavy (non-hydrogen) atoms. The van der Waals surface area contributed by atoms with Crippen molar-refractivity contribution in [3.05, 3.63) is 54.5 Å². The molecule has 0 bridgehead atoms. The summed E-state index contributed by atoms with van der Waals surface area (Å²) >= 11 is 0. The maximum atomic E-state index is 12.3. The van der Waals surface area contributed by atoms with Crippen molar-refractivity contribution in [2.24, 2.45) is 0 Å². The summed E-state index contributed by atoms with van der Waals surface area (Å²) in [7, 11) is 0. The Morgan fingerprint density at radius 1 is 1.19 bits per heavy atom. The van der Waals surface area contributed by atoms with E-state index in [1.807, 2.05) is 23.1 Å². The third kappa shape index (κ3) is 3.89. The van der Waals surface area contributed by atoms with Crippen molar-refractivity contribution < 1.29 is 13.7 Å². The lowest BCUT2D eigenvalue weighted by molar-refractivity contribution is -0.126. The Labute approximate surface area is 156 Å². The highest BCUT2D eigenvalue weighted by Gasteiger charge is 2.20. The molecule has 4 heterocycles. The van der Waals surface area contributed by atoms with E-state index >= 15 is 0 Å². The average Bonchev–Trinajstić information content (AvgIpc) is 3.38. The largest absolute Gasteiger partial charge is 0.465 e. The van der Waals surface area contributed by atoms with Crippen molar-refractivity contribution in [2.45, 2.75) is 6.92 Å². The van der Waals surface area contributed by atoms with E-state index in [9.17, 15) is 4.79 Å². The topological polar surface area (TPSA) is 88.5 Å². The number of pyridine rings is 1. The molecule has 4 rings (SSSR count). The van der Waals surface area contributed by atoms with Gasteiger partial charge in [-0.15, -0.1) is 0 Å². The van der Waals surface area contributed by atoms with Crippen LogP contribution in [0.3, 0.4) is 0 Å². The maximum absolute atomic E-state index is 12.3. The molecule has 0 N–H and O–H groups in total. The van der Waals surface area contributed by atoms with E-state index in [0.717, 1.165) is 24.5 Å². The van der Waals surface area contributed by atoms with E-state index in [2.05, 4.69) is 20.0 Å². The van der Waals surface area contributed by atoms with Crippen LogP contribution in [0.25, 0.3) is 17.5 Å². The Morgan fingerprint density at radius 2 is 2.04 bits per heavy atom. The second-order valence-electron chi connectivity index (χ2n) is 6.20. The Bertz CT molecular complexity index is 923. The second-order valence-corrected chi connectivity index (χ2v) is 6.20. The van der Waals surface area contributed by atoms with E-state index in [1.54, 1.807) is 37.6 Å². The van der Waals surface area contributed by atoms with Gasteiger partial charge < -0.3 is 18.7 Å². The minimum atomic E-state index is -0.0122. The highest BCUT2D eigenvalue weighted by molar-refractivity contribution is 5.91. The Balaban J connectivity index is 1.34. The number of rotatable bonds is 4. The minimum Gasteiger partial charge on any atom is -0.465 e. The van der Waals surface area contributed by atoms with Crippen molar-refractivity contribution in [2.75, 3.05) is 31.1 Å². The summed E-state index contributed by atoms with van der Waals surface area (Å²) in [4.78, 5) is 25.0. The third-order valence-corrected chi connectivity index (χ3v) is 4.38. The summed E-state index contributed by atoms with van der Waals surface area (Å²) < 4.78 is 10.2. The predicted octanol–water partition coefficient (Wildman–Crippen LogP) is 2.40. The first-order valence-electron chi connectivity index (χ1n) is 8.71. The van der Waals surface area contributed by atoms with Gasteiger partial charge >= 0.3 is 0 Å². The van der Waals surface area contributed by atoms with Crippen LogP contribution in [0, 0.1) is 6.92 Å². The van der Waals surface area contributed by atoms with Gasteiger partial charge in [-0.1, -0.05) is 5.16 Å². The van der Waals surface area contributed by atoms with E-state index in [4.69, 9.17) is 8.94 Å². The minimum absolute atomic E-state index is 0.0122. The first kappa shape index (κ1) is 17.0. The molecule has 138 valence electrons. The van der Waals surface area contributed by atoms with Gasteiger partial charge in [-0.05, 0) is 30.3 Å². The molecule has 3 aromatic rings. The van der Waals surface area contributed by atoms with Crippen LogP contribution in [0.1, 0.15) is 11.7 Å². The summed E-state index contributed by atoms with van der Waals surface area (Å²) in [6, 6.07) is 7.47. The number of furan rings is 1. The van der Waals surface area contributed by atoms with Crippen LogP contribution in [-0.2, 0) is 4.79 Å². The molecule has 3 aromatic heterocycles. The van der Waals surface area contributed by atoms with Crippen molar-refractivity contribution in [1.29, 1.82) is 0 Å². The second kappa shape index (κ2) is 7.45. The van der Waals surface area contributed by atoms with Gasteiger partial charge in [0.05, 0.1) is 6.26 Å². The molecule has 1 fully saturated rings. The normalized spacial score (nSPS) is 14.9. The van der Waals surface area contributed by atoms with Crippen molar-refractivity contribution in [1.82, 2.24) is 20.0 Å². The number of piperazine rings is 1. The van der Waals surface area contributed by atoms with Crippen LogP contribution < -0.4 is 4.90 Å². The van der Waals surface area contributed by atoms with E-state index < -0.39 is 0 Å². The van der Waals surface area contributed by atoms with Crippen LogP contribution in [0.4, 0.5) is 5.82 Å². The van der Waals surface area contributed by atoms with Gasteiger partial charge in [0.15, 0.2) is 0 Å². The zero-order valence-corrected chi connectivity index (χ0v) is 14.9. The lowest BCUT2D eigenvalue weighted by atomic mass is 10.2. The number of aromatic nitrogens is 3. The molecule has 0 saturated carbocycles. The smallest absolute Gasteiger partial charge is 0.246 e. The number of carbonyl (C=O) groups is 1. The van der Waals surface area contributed by atoms with Gasteiger partial charge in [0.2, 0.25) is 17.6 Å². The highest BCUT2D eigenvalue weighted by Crippen LogP contribution is 2.19. The molecule has 1 aliphatic rings. The van der Waals surface area contributed by atoms with Gasteiger partial charge in [0.1, 0.15) is 11.6 Å². The molecule has 0 unspecified atom stereocenters. The zero-order valence-electron chi connectivity index (χ0n) is 14.9. The monoisotopic (exact) mass is 365 g/mol. The Hall–Kier alpha value is -3.42. The fourth-order valence-corrected chi connectivity index (χ4v) is 2.92. The number of aryl methyl sites for hydroxylation is 1. The van der Waals surface area contributed by atoms with Crippen LogP contribution in [0.15, 0.2) is 51.7 Å². The number of nitrogens with zero attached hydrogens (tertiary/aromatic N) is 5. The van der Waals surface area contributed by atoms with Crippen molar-refractivity contribution >= 4 is 17.8 Å². The summed E-state index contributed by atoms with van der Waals surface area (Å²) in [5, 5.41) is 3.90. The summed E-state index contributed by atoms with van der Waals surface area (Å²) in [6.07, 6.45) is 6.56. The molecule has 1 saturated heterocycles. The summed E-state index contributed by atoms with van der Waals surface area (Å²) in [5.74, 6) is 2.59. The number of amides is 1. The molecule has 1 amide bonds. The SMILES string of the molecule is Cc1nc(-c2ccc(N3CCN(C(=O)/C=C/c4ccco4)CC3)nc2)no1. The van der Waals surface area contributed by atoms with E-state index in [-0.39, 0.29) is 5.91 Å². The highest BCUT2D eigenvalue weighted by atomic mass is 16.5. The molecule has 0 atom stereocenters. The first-order chi connectivity index (χ1) is 13.2. The van der Waals surface area contributed by atoms with Gasteiger partial charge in [-0.25, -0.2) is 4.98 Å². The standard InChI is InChI=1S/C19H19N5O3/c1-14-21-19(22-27-14)15-4-6-17(20-13-15)23-8-10-24(11-9-23)18(25)7-5-16-3-2-12-26-16/h2-7,12-13H,8-11H2,1H3/b7-5+. The molecule has 0 aliphatic carbocycles. The van der Waals surface area contributed by atoms with Crippen LogP contribution in [0.5, 0.6) is 0 Å². The van der Waals surface area contributed by atoms with E-state index in [0.29, 0.717) is 30.6 Å². The molecule has 8 nitrogen and oxygen atoms in total. The lowest BCUT2D eigenvalue weighted by Crippen LogP contribution is -2.48. The lowest BCUT2D eigenvalue weighted by Gasteiger charge is -2.35. The molecule has 0 radical (unpaired) electrons. The van der Waals surface area contributed by atoms with Gasteiger partial charge in [-0.2, -0.15) is 4.98 Å². The fourth-order valence-electron chi connectivity index (χ4n) is 2.92. The Morgan fingerprint density at radius 3 is 2.67 bits per heavy atom. The van der Waals surface area contributed by atoms with Gasteiger partial charge in [0.25, 0.3) is 0 Å². The zero-order chi connectivity index (χ0) is 18.6. The summed E-state index contributed by atoms with van der Waals surface area (Å²) in [5.41, 5.74) is 0.812. The molecule has 0 aromatic carbocycles. The van der Waals surface area contributed by atoms with Crippen LogP contribution in [-0.4, -0.2) is 52.1 Å². The number of hydrogen-bond acceptors (Lipinski definition) is 7. The summed E-state index contributed by atoms with van der Waals surface area (Å²) in [6.45, 7) is 4.51. The fraction of sp³-hybridized carbons (Fsp3) is 0.263. The quantitative estimate of drug-likeness (QED) is 0.656. The van der Waals surface area contributed by atoms with Crippen molar-refractivity contribution in [3.8, 4) is 11.4 Å². The number of anilines is 1. The average molecular weight is 365 g/mol. The predicted molar refractivity (Wildman–Crippen MR) is 98.8 cm³/mol. The van der Waals surface area contributed by atoms with Gasteiger partial charge in [-0.3, -0.25) is 4.79 Å². The molecule has 1 aliphatic heterocycles. The number of carbonyl (C=O) groups excluding carboxylic acids is 1. The van der Waals surface area contributed by atoms with Crippen LogP contribution in [0.2, 0.25) is 0 Å². The molecule has 0 spiro atoms. The number of hydrogen-bond donors (Lipinski definition) is 0.